The Morgan fingerprint density at radius 1 is 1.75 bits per heavy atom. The van der Waals surface area contributed by atoms with Crippen LogP contribution in [0.5, 0.6) is 0 Å². The molecular weight excluding hydrogens is 120 g/mol. The second kappa shape index (κ2) is 3.36. The summed E-state index contributed by atoms with van der Waals surface area (Å²) in [6, 6.07) is 0. The first-order valence-corrected chi connectivity index (χ1v) is 4.28. The van der Waals surface area contributed by atoms with Gasteiger partial charge in [-0.25, -0.2) is 0 Å². The van der Waals surface area contributed by atoms with Gasteiger partial charge in [-0.05, 0) is 12.2 Å². The van der Waals surface area contributed by atoms with E-state index in [1.165, 1.54) is 17.9 Å². The molecule has 1 fully saturated rings. The maximum atomic E-state index is 5.03. The van der Waals surface area contributed by atoms with Crippen molar-refractivity contribution in [2.75, 3.05) is 18.1 Å². The van der Waals surface area contributed by atoms with Gasteiger partial charge in [0.05, 0.1) is 12.7 Å². The zero-order chi connectivity index (χ0) is 5.82. The number of hydrogen-bond donors (Lipinski definition) is 0. The van der Waals surface area contributed by atoms with Crippen LogP contribution < -0.4 is 0 Å². The summed E-state index contributed by atoms with van der Waals surface area (Å²) in [4.78, 5) is 0. The van der Waals surface area contributed by atoms with Gasteiger partial charge in [-0.3, -0.25) is 0 Å². The van der Waals surface area contributed by atoms with Gasteiger partial charge in [-0.15, -0.1) is 0 Å². The Kier molecular flexibility index (Phi) is 2.70. The van der Waals surface area contributed by atoms with E-state index in [1.54, 1.807) is 0 Å². The van der Waals surface area contributed by atoms with Crippen molar-refractivity contribution >= 4 is 11.8 Å². The van der Waals surface area contributed by atoms with E-state index in [-0.39, 0.29) is 0 Å². The van der Waals surface area contributed by atoms with E-state index in [1.807, 2.05) is 11.8 Å². The average Bonchev–Trinajstić information content (AvgIpc) is 2.51. The third-order valence-electron chi connectivity index (χ3n) is 1.05. The quantitative estimate of drug-likeness (QED) is 0.425. The molecule has 1 atom stereocenters. The van der Waals surface area contributed by atoms with Gasteiger partial charge in [0.1, 0.15) is 0 Å². The van der Waals surface area contributed by atoms with Crippen molar-refractivity contribution in [2.24, 2.45) is 0 Å². The van der Waals surface area contributed by atoms with Crippen LogP contribution in [0.2, 0.25) is 0 Å². The van der Waals surface area contributed by atoms with Crippen LogP contribution in [0.15, 0.2) is 0 Å². The monoisotopic (exact) mass is 132 g/mol. The summed E-state index contributed by atoms with van der Waals surface area (Å²) in [5.74, 6) is 2.51. The van der Waals surface area contributed by atoms with Crippen LogP contribution in [0.1, 0.15) is 13.3 Å². The second-order valence-corrected chi connectivity index (χ2v) is 3.18. The van der Waals surface area contributed by atoms with Gasteiger partial charge in [-0.2, -0.15) is 11.8 Å². The van der Waals surface area contributed by atoms with Crippen LogP contribution in [0, 0.1) is 0 Å². The maximum Gasteiger partial charge on any atom is 0.0900 e. The van der Waals surface area contributed by atoms with Crippen molar-refractivity contribution in [3.63, 3.8) is 0 Å². The topological polar surface area (TPSA) is 12.5 Å². The third-order valence-corrected chi connectivity index (χ3v) is 2.36. The molecule has 48 valence electrons. The first-order valence-electron chi connectivity index (χ1n) is 3.13. The van der Waals surface area contributed by atoms with Gasteiger partial charge in [0.15, 0.2) is 0 Å². The zero-order valence-corrected chi connectivity index (χ0v) is 6.04. The van der Waals surface area contributed by atoms with Crippen LogP contribution in [-0.2, 0) is 4.74 Å². The molecule has 1 rings (SSSR count). The van der Waals surface area contributed by atoms with Gasteiger partial charge in [0, 0.05) is 5.75 Å². The molecule has 1 nitrogen and oxygen atoms in total. The molecule has 0 N–H and O–H groups in total. The lowest BCUT2D eigenvalue weighted by Gasteiger charge is -1.91. The van der Waals surface area contributed by atoms with Crippen LogP contribution in [0.4, 0.5) is 0 Å². The standard InChI is InChI=1S/C6H12OS/c1-2-3-8-5-6-4-7-6/h6H,2-5H2,1H3/t6-/m0/s1. The molecule has 1 aliphatic heterocycles. The molecule has 8 heavy (non-hydrogen) atoms. The van der Waals surface area contributed by atoms with Crippen molar-refractivity contribution in [3.05, 3.63) is 0 Å². The molecule has 0 aromatic heterocycles. The second-order valence-electron chi connectivity index (χ2n) is 2.03. The molecule has 0 aliphatic carbocycles. The molecule has 1 heterocycles. The van der Waals surface area contributed by atoms with Crippen molar-refractivity contribution < 1.29 is 4.74 Å². The maximum absolute atomic E-state index is 5.03. The van der Waals surface area contributed by atoms with Crippen LogP contribution in [0.3, 0.4) is 0 Å². The lowest BCUT2D eigenvalue weighted by Crippen LogP contribution is -1.89. The fourth-order valence-corrected chi connectivity index (χ4v) is 1.43. The highest BCUT2D eigenvalue weighted by Crippen LogP contribution is 2.15. The number of ether oxygens (including phenoxy) is 1. The normalized spacial score (nSPS) is 25.9. The third kappa shape index (κ3) is 2.58. The molecule has 0 spiro atoms. The van der Waals surface area contributed by atoms with Gasteiger partial charge >= 0.3 is 0 Å². The van der Waals surface area contributed by atoms with E-state index in [0.29, 0.717) is 6.10 Å². The highest BCUT2D eigenvalue weighted by molar-refractivity contribution is 7.99. The van der Waals surface area contributed by atoms with E-state index >= 15 is 0 Å². The van der Waals surface area contributed by atoms with Crippen LogP contribution >= 0.6 is 11.8 Å². The summed E-state index contributed by atoms with van der Waals surface area (Å²) in [6.07, 6.45) is 1.91. The lowest BCUT2D eigenvalue weighted by molar-refractivity contribution is 0.426. The van der Waals surface area contributed by atoms with Crippen molar-refractivity contribution in [2.45, 2.75) is 19.4 Å². The zero-order valence-electron chi connectivity index (χ0n) is 5.22. The lowest BCUT2D eigenvalue weighted by atomic mass is 10.6. The minimum Gasteiger partial charge on any atom is -0.372 e. The molecule has 1 saturated heterocycles. The summed E-state index contributed by atoms with van der Waals surface area (Å²) in [5.41, 5.74) is 0. The fourth-order valence-electron chi connectivity index (χ4n) is 0.523. The summed E-state index contributed by atoms with van der Waals surface area (Å²) in [5, 5.41) is 0. The molecule has 2 heteroatoms. The number of hydrogen-bond acceptors (Lipinski definition) is 2. The summed E-state index contributed by atoms with van der Waals surface area (Å²) in [7, 11) is 0. The number of thioether (sulfide) groups is 1. The van der Waals surface area contributed by atoms with Crippen LogP contribution in [-0.4, -0.2) is 24.2 Å². The smallest absolute Gasteiger partial charge is 0.0900 e. The first-order chi connectivity index (χ1) is 3.93. The van der Waals surface area contributed by atoms with E-state index in [2.05, 4.69) is 6.92 Å². The van der Waals surface area contributed by atoms with Crippen molar-refractivity contribution in [3.8, 4) is 0 Å². The molecule has 0 unspecified atom stereocenters. The highest BCUT2D eigenvalue weighted by Gasteiger charge is 2.21. The molecule has 0 bridgehead atoms. The van der Waals surface area contributed by atoms with Gasteiger partial charge < -0.3 is 4.74 Å². The minimum absolute atomic E-state index is 0.617. The summed E-state index contributed by atoms with van der Waals surface area (Å²) in [6.45, 7) is 3.22. The molecule has 0 saturated carbocycles. The molecule has 1 aliphatic rings. The summed E-state index contributed by atoms with van der Waals surface area (Å²) < 4.78 is 5.03. The molecule has 0 amide bonds. The van der Waals surface area contributed by atoms with E-state index in [4.69, 9.17) is 4.74 Å². The Labute approximate surface area is 54.8 Å². The predicted octanol–water partition coefficient (Wildman–Crippen LogP) is 1.53. The van der Waals surface area contributed by atoms with Crippen LogP contribution in [0.25, 0.3) is 0 Å². The Balaban J connectivity index is 1.74. The predicted molar refractivity (Wildman–Crippen MR) is 37.4 cm³/mol. The van der Waals surface area contributed by atoms with Gasteiger partial charge in [-0.1, -0.05) is 6.92 Å². The number of rotatable bonds is 4. The fraction of sp³-hybridized carbons (Fsp3) is 1.00. The van der Waals surface area contributed by atoms with Gasteiger partial charge in [0.25, 0.3) is 0 Å². The average molecular weight is 132 g/mol. The Hall–Kier alpha value is 0.310. The Morgan fingerprint density at radius 2 is 2.50 bits per heavy atom. The molecule has 0 aromatic rings. The summed E-state index contributed by atoms with van der Waals surface area (Å²) >= 11 is 2.00. The minimum atomic E-state index is 0.617. The first kappa shape index (κ1) is 6.43. The van der Waals surface area contributed by atoms with Gasteiger partial charge in [0.2, 0.25) is 0 Å². The SMILES string of the molecule is CCCSC[C@@H]1CO1. The Morgan fingerprint density at radius 3 is 3.00 bits per heavy atom. The molecule has 0 aromatic carbocycles. The van der Waals surface area contributed by atoms with Crippen molar-refractivity contribution in [1.82, 2.24) is 0 Å². The Bertz CT molecular complexity index is 61.5. The van der Waals surface area contributed by atoms with Crippen molar-refractivity contribution in [1.29, 1.82) is 0 Å². The molecule has 0 radical (unpaired) electrons. The molecular formula is C6H12OS. The largest absolute Gasteiger partial charge is 0.372 e. The number of epoxide rings is 1. The van der Waals surface area contributed by atoms with E-state index in [9.17, 15) is 0 Å². The van der Waals surface area contributed by atoms with E-state index in [0.717, 1.165) is 6.61 Å². The van der Waals surface area contributed by atoms with E-state index < -0.39 is 0 Å². The highest BCUT2D eigenvalue weighted by atomic mass is 32.2.